The summed E-state index contributed by atoms with van der Waals surface area (Å²) in [5.74, 6) is 2.25. The van der Waals surface area contributed by atoms with Crippen LogP contribution in [0.5, 0.6) is 11.5 Å². The first-order chi connectivity index (χ1) is 25.9. The van der Waals surface area contributed by atoms with Crippen molar-refractivity contribution in [2.24, 2.45) is 29.6 Å². The maximum atomic E-state index is 10.4. The van der Waals surface area contributed by atoms with E-state index in [1.807, 2.05) is 36.4 Å². The predicted octanol–water partition coefficient (Wildman–Crippen LogP) is 12.1. The maximum Gasteiger partial charge on any atom is 0.192 e. The summed E-state index contributed by atoms with van der Waals surface area (Å²) in [6, 6.07) is 16.1. The number of hydrogen-bond acceptors (Lipinski definition) is 7. The lowest BCUT2D eigenvalue weighted by Crippen LogP contribution is -2.50. The quantitative estimate of drug-likeness (QED) is 0.0884. The van der Waals surface area contributed by atoms with Crippen molar-refractivity contribution in [2.45, 2.75) is 157 Å². The van der Waals surface area contributed by atoms with Crippen molar-refractivity contribution in [2.75, 3.05) is 27.4 Å². The molecule has 0 bridgehead atoms. The van der Waals surface area contributed by atoms with E-state index >= 15 is 0 Å². The fraction of sp³-hybridized carbons (Fsp3) is 0.702. The van der Waals surface area contributed by atoms with Crippen molar-refractivity contribution in [1.29, 1.82) is 0 Å². The van der Waals surface area contributed by atoms with Gasteiger partial charge in [-0.2, -0.15) is 0 Å². The number of allylic oxidation sites excluding steroid dienone is 1. The molecule has 8 atom stereocenters. The zero-order chi connectivity index (χ0) is 42.6. The average molecular weight is 815 g/mol. The Kier molecular flexibility index (Phi) is 19.6. The third-order valence-electron chi connectivity index (χ3n) is 12.6. The number of hydrogen-bond donors (Lipinski definition) is 1. The van der Waals surface area contributed by atoms with Crippen LogP contribution in [0.3, 0.4) is 0 Å². The van der Waals surface area contributed by atoms with Gasteiger partial charge < -0.3 is 32.9 Å². The van der Waals surface area contributed by atoms with Crippen LogP contribution in [0.4, 0.5) is 0 Å². The Morgan fingerprint density at radius 2 is 1.09 bits per heavy atom. The van der Waals surface area contributed by atoms with Crippen molar-refractivity contribution >= 4 is 16.6 Å². The van der Waals surface area contributed by atoms with Gasteiger partial charge in [-0.25, -0.2) is 0 Å². The van der Waals surface area contributed by atoms with Crippen molar-refractivity contribution in [3.05, 3.63) is 71.3 Å². The Morgan fingerprint density at radius 1 is 0.643 bits per heavy atom. The molecule has 56 heavy (non-hydrogen) atoms. The second kappa shape index (κ2) is 21.9. The molecule has 0 aliphatic heterocycles. The molecule has 0 radical (unpaired) electrons. The van der Waals surface area contributed by atoms with E-state index in [4.69, 9.17) is 27.8 Å². The van der Waals surface area contributed by atoms with Gasteiger partial charge in [0.1, 0.15) is 11.5 Å². The maximum absolute atomic E-state index is 10.4. The lowest BCUT2D eigenvalue weighted by Gasteiger charge is -2.45. The van der Waals surface area contributed by atoms with Gasteiger partial charge in [-0.15, -0.1) is 0 Å². The van der Waals surface area contributed by atoms with E-state index in [2.05, 4.69) is 127 Å². The Labute approximate surface area is 345 Å². The molecule has 2 aromatic rings. The molecule has 0 spiro atoms. The average Bonchev–Trinajstić information content (AvgIpc) is 3.12. The van der Waals surface area contributed by atoms with Gasteiger partial charge in [0, 0.05) is 24.4 Å². The minimum Gasteiger partial charge on any atom is -0.497 e. The van der Waals surface area contributed by atoms with Crippen molar-refractivity contribution < 1.29 is 32.9 Å². The zero-order valence-corrected chi connectivity index (χ0v) is 40.7. The third-order valence-corrected chi connectivity index (χ3v) is 21.5. The van der Waals surface area contributed by atoms with E-state index in [0.717, 1.165) is 29.0 Å². The fourth-order valence-electron chi connectivity index (χ4n) is 6.97. The van der Waals surface area contributed by atoms with Crippen molar-refractivity contribution in [3.8, 4) is 11.5 Å². The van der Waals surface area contributed by atoms with Crippen LogP contribution in [0.15, 0.2) is 60.2 Å². The van der Waals surface area contributed by atoms with Crippen LogP contribution < -0.4 is 9.47 Å². The van der Waals surface area contributed by atoms with Gasteiger partial charge in [0.05, 0.1) is 52.4 Å². The lowest BCUT2D eigenvalue weighted by molar-refractivity contribution is -0.0814. The van der Waals surface area contributed by atoms with E-state index in [0.29, 0.717) is 19.8 Å². The molecule has 0 unspecified atom stereocenters. The van der Waals surface area contributed by atoms with E-state index in [-0.39, 0.29) is 64.6 Å². The molecule has 1 N–H and O–H groups in total. The van der Waals surface area contributed by atoms with Crippen molar-refractivity contribution in [1.82, 2.24) is 0 Å². The number of methoxy groups -OCH3 is 2. The monoisotopic (exact) mass is 815 g/mol. The Hall–Kier alpha value is -1.99. The highest BCUT2D eigenvalue weighted by atomic mass is 28.4. The number of aliphatic hydroxyl groups excluding tert-OH is 1. The molecular weight excluding hydrogens is 733 g/mol. The van der Waals surface area contributed by atoms with Crippen LogP contribution in [0, 0.1) is 29.6 Å². The zero-order valence-electron chi connectivity index (χ0n) is 38.7. The molecule has 2 rings (SSSR count). The van der Waals surface area contributed by atoms with Crippen LogP contribution in [-0.2, 0) is 31.5 Å². The van der Waals surface area contributed by atoms with E-state index in [1.54, 1.807) is 14.2 Å². The summed E-state index contributed by atoms with van der Waals surface area (Å²) in [4.78, 5) is 0. The standard InChI is InChI=1S/C47H82O7Si2/c1-33(27-34(2)43(53-55(15,16)46(7,8)9)37(5)30-51-31-39-19-23-41(49-13)24-20-39)28-35(3)45(54-56(17,18)47(10,11)12)38(6)44(36(4)29-48)52-32-40-21-25-42(50-14)26-22-40/h19-27,34-38,43-45,48H,28-32H2,1-18H3/b33-27-/t34-,35-,36-,37-,38+,43+,44-,45+/m0/s1. The van der Waals surface area contributed by atoms with Crippen molar-refractivity contribution in [3.63, 3.8) is 0 Å². The molecule has 0 heterocycles. The fourth-order valence-corrected chi connectivity index (χ4v) is 9.93. The minimum absolute atomic E-state index is 0.0105. The SMILES string of the molecule is COc1ccc(COC[C@H](C)[C@H](O[Si](C)(C)C(C)(C)C)[C@@H](C)/C=C(/C)C[C@H](C)[C@@H](O[Si](C)(C)C(C)(C)C)[C@H](C)[C@@H](OCc2ccc(OC)cc2)[C@@H](C)CO)cc1. The minimum atomic E-state index is -2.17. The summed E-state index contributed by atoms with van der Waals surface area (Å²) in [5.41, 5.74) is 3.54. The predicted molar refractivity (Wildman–Crippen MR) is 240 cm³/mol. The van der Waals surface area contributed by atoms with Gasteiger partial charge in [-0.3, -0.25) is 0 Å². The number of aliphatic hydroxyl groups is 1. The summed E-state index contributed by atoms with van der Waals surface area (Å²) in [6.45, 7) is 38.4. The Balaban J connectivity index is 2.38. The Bertz CT molecular complexity index is 1440. The Morgan fingerprint density at radius 3 is 1.52 bits per heavy atom. The highest BCUT2D eigenvalue weighted by molar-refractivity contribution is 6.74. The van der Waals surface area contributed by atoms with Gasteiger partial charge in [-0.05, 0) is 96.8 Å². The summed E-state index contributed by atoms with van der Waals surface area (Å²) in [7, 11) is -0.895. The number of rotatable bonds is 23. The first kappa shape index (κ1) is 50.2. The first-order valence-electron chi connectivity index (χ1n) is 21.0. The molecule has 0 aliphatic carbocycles. The topological polar surface area (TPSA) is 75.6 Å². The molecule has 0 amide bonds. The van der Waals surface area contributed by atoms with Crippen LogP contribution >= 0.6 is 0 Å². The third kappa shape index (κ3) is 15.0. The molecule has 7 nitrogen and oxygen atoms in total. The normalized spacial score (nSPS) is 17.7. The van der Waals surface area contributed by atoms with Crippen LogP contribution in [0.25, 0.3) is 0 Å². The van der Waals surface area contributed by atoms with Crippen LogP contribution in [0.1, 0.15) is 101 Å². The molecule has 320 valence electrons. The molecule has 0 aromatic heterocycles. The number of ether oxygens (including phenoxy) is 4. The van der Waals surface area contributed by atoms with E-state index < -0.39 is 16.6 Å². The van der Waals surface area contributed by atoms with Gasteiger partial charge >= 0.3 is 0 Å². The van der Waals surface area contributed by atoms with E-state index in [9.17, 15) is 5.11 Å². The number of benzene rings is 2. The highest BCUT2D eigenvalue weighted by Gasteiger charge is 2.44. The van der Waals surface area contributed by atoms with Gasteiger partial charge in [0.15, 0.2) is 16.6 Å². The van der Waals surface area contributed by atoms with Crippen LogP contribution in [-0.4, -0.2) is 67.5 Å². The largest absolute Gasteiger partial charge is 0.497 e. The second-order valence-electron chi connectivity index (χ2n) is 19.7. The second-order valence-corrected chi connectivity index (χ2v) is 29.2. The lowest BCUT2D eigenvalue weighted by atomic mass is 9.81. The molecule has 0 saturated carbocycles. The highest BCUT2D eigenvalue weighted by Crippen LogP contribution is 2.42. The molecule has 9 heteroatoms. The summed E-state index contributed by atoms with van der Waals surface area (Å²) in [5, 5.41) is 10.6. The molecule has 0 fully saturated rings. The smallest absolute Gasteiger partial charge is 0.192 e. The molecule has 0 aliphatic rings. The molecular formula is C47H82O7Si2. The summed E-state index contributed by atoms with van der Waals surface area (Å²) >= 11 is 0. The molecule has 0 saturated heterocycles. The van der Waals surface area contributed by atoms with Gasteiger partial charge in [-0.1, -0.05) is 112 Å². The van der Waals surface area contributed by atoms with Gasteiger partial charge in [0.25, 0.3) is 0 Å². The van der Waals surface area contributed by atoms with Crippen LogP contribution in [0.2, 0.25) is 36.3 Å². The first-order valence-corrected chi connectivity index (χ1v) is 26.8. The molecule has 2 aromatic carbocycles. The van der Waals surface area contributed by atoms with E-state index in [1.165, 1.54) is 5.57 Å². The summed E-state index contributed by atoms with van der Waals surface area (Å²) in [6.07, 6.45) is 3.09. The summed E-state index contributed by atoms with van der Waals surface area (Å²) < 4.78 is 38.3. The van der Waals surface area contributed by atoms with Gasteiger partial charge in [0.2, 0.25) is 0 Å².